The Morgan fingerprint density at radius 1 is 1.06 bits per heavy atom. The SMILES string of the molecule is CCCN1CC[C@@H](COc2ccc3c(c2)C(=O)NC3)[C@H](c2ccc(N3CCCS3(=O)=O)cc2)CC1. The molecule has 2 saturated heterocycles. The van der Waals surface area contributed by atoms with E-state index in [1.165, 1.54) is 9.87 Å². The number of nitrogens with one attached hydrogen (secondary N) is 1. The van der Waals surface area contributed by atoms with Crippen molar-refractivity contribution < 1.29 is 17.9 Å². The maximum atomic E-state index is 12.3. The van der Waals surface area contributed by atoms with Gasteiger partial charge in [0.1, 0.15) is 5.75 Å². The van der Waals surface area contributed by atoms with E-state index in [0.717, 1.165) is 55.9 Å². The van der Waals surface area contributed by atoms with Gasteiger partial charge in [-0.2, -0.15) is 0 Å². The summed E-state index contributed by atoms with van der Waals surface area (Å²) in [6.45, 7) is 7.16. The maximum Gasteiger partial charge on any atom is 0.252 e. The summed E-state index contributed by atoms with van der Waals surface area (Å²) < 4.78 is 32.5. The molecule has 188 valence electrons. The van der Waals surface area contributed by atoms with Gasteiger partial charge in [-0.25, -0.2) is 8.42 Å². The minimum absolute atomic E-state index is 0.0342. The van der Waals surface area contributed by atoms with Gasteiger partial charge in [-0.3, -0.25) is 9.10 Å². The number of nitrogens with zero attached hydrogens (tertiary/aromatic N) is 2. The zero-order valence-corrected chi connectivity index (χ0v) is 21.2. The monoisotopic (exact) mass is 497 g/mol. The Morgan fingerprint density at radius 2 is 1.86 bits per heavy atom. The molecule has 3 heterocycles. The smallest absolute Gasteiger partial charge is 0.252 e. The van der Waals surface area contributed by atoms with Crippen LogP contribution in [0.3, 0.4) is 0 Å². The maximum absolute atomic E-state index is 12.3. The molecular formula is C27H35N3O4S. The molecule has 2 aromatic carbocycles. The van der Waals surface area contributed by atoms with E-state index in [1.54, 1.807) is 0 Å². The molecule has 0 unspecified atom stereocenters. The molecule has 2 atom stereocenters. The van der Waals surface area contributed by atoms with E-state index >= 15 is 0 Å². The third kappa shape index (κ3) is 5.19. The summed E-state index contributed by atoms with van der Waals surface area (Å²) in [5.74, 6) is 1.60. The van der Waals surface area contributed by atoms with Crippen LogP contribution in [0.5, 0.6) is 5.75 Å². The lowest BCUT2D eigenvalue weighted by Gasteiger charge is -2.26. The molecule has 1 N–H and O–H groups in total. The van der Waals surface area contributed by atoms with Crippen molar-refractivity contribution in [3.8, 4) is 5.75 Å². The zero-order valence-electron chi connectivity index (χ0n) is 20.4. The fourth-order valence-electron chi connectivity index (χ4n) is 5.70. The van der Waals surface area contributed by atoms with Gasteiger partial charge in [0.15, 0.2) is 0 Å². The van der Waals surface area contributed by atoms with Crippen LogP contribution in [0.2, 0.25) is 0 Å². The average Bonchev–Trinajstić information content (AvgIpc) is 3.33. The van der Waals surface area contributed by atoms with Crippen molar-refractivity contribution in [1.82, 2.24) is 10.2 Å². The number of amides is 1. The van der Waals surface area contributed by atoms with Crippen molar-refractivity contribution in [3.63, 3.8) is 0 Å². The molecule has 1 amide bonds. The van der Waals surface area contributed by atoms with Crippen molar-refractivity contribution in [1.29, 1.82) is 0 Å². The van der Waals surface area contributed by atoms with Gasteiger partial charge >= 0.3 is 0 Å². The van der Waals surface area contributed by atoms with Crippen LogP contribution in [0.15, 0.2) is 42.5 Å². The minimum atomic E-state index is -3.18. The number of rotatable bonds is 7. The molecule has 3 aliphatic heterocycles. The molecule has 5 rings (SSSR count). The van der Waals surface area contributed by atoms with Crippen LogP contribution in [0.25, 0.3) is 0 Å². The summed E-state index contributed by atoms with van der Waals surface area (Å²) in [6, 6.07) is 13.9. The third-order valence-electron chi connectivity index (χ3n) is 7.62. The fraction of sp³-hybridized carbons (Fsp3) is 0.519. The highest BCUT2D eigenvalue weighted by atomic mass is 32.2. The molecular weight excluding hydrogens is 462 g/mol. The summed E-state index contributed by atoms with van der Waals surface area (Å²) in [7, 11) is -3.18. The Morgan fingerprint density at radius 3 is 2.60 bits per heavy atom. The molecule has 0 saturated carbocycles. The standard InChI is InChI=1S/C27H35N3O4S/c1-2-12-29-14-10-22(19-34-24-9-6-21-18-28-27(31)26(21)17-24)25(11-15-29)20-4-7-23(8-5-20)30-13-3-16-35(30,32)33/h4-9,17,22,25H,2-3,10-16,18-19H2,1H3,(H,28,31)/t22-,25-/m0/s1. The Hall–Kier alpha value is -2.58. The number of sulfonamides is 1. The van der Waals surface area contributed by atoms with E-state index in [4.69, 9.17) is 4.74 Å². The Kier molecular flexibility index (Phi) is 7.02. The predicted molar refractivity (Wildman–Crippen MR) is 137 cm³/mol. The molecule has 2 fully saturated rings. The van der Waals surface area contributed by atoms with Crippen molar-refractivity contribution in [2.75, 3.05) is 42.8 Å². The molecule has 7 nitrogen and oxygen atoms in total. The predicted octanol–water partition coefficient (Wildman–Crippen LogP) is 3.75. The van der Waals surface area contributed by atoms with Crippen LogP contribution in [-0.4, -0.2) is 57.8 Å². The van der Waals surface area contributed by atoms with Gasteiger partial charge in [0.25, 0.3) is 5.91 Å². The van der Waals surface area contributed by atoms with E-state index in [0.29, 0.717) is 43.5 Å². The van der Waals surface area contributed by atoms with E-state index in [1.807, 2.05) is 30.3 Å². The fourth-order valence-corrected chi connectivity index (χ4v) is 7.26. The van der Waals surface area contributed by atoms with Crippen molar-refractivity contribution in [2.45, 2.75) is 45.1 Å². The summed E-state index contributed by atoms with van der Waals surface area (Å²) in [4.78, 5) is 14.6. The van der Waals surface area contributed by atoms with Crippen molar-refractivity contribution in [3.05, 3.63) is 59.2 Å². The lowest BCUT2D eigenvalue weighted by atomic mass is 9.83. The highest BCUT2D eigenvalue weighted by Gasteiger charge is 2.31. The number of benzene rings is 2. The first-order chi connectivity index (χ1) is 16.9. The van der Waals surface area contributed by atoms with Gasteiger partial charge in [-0.15, -0.1) is 0 Å². The first-order valence-corrected chi connectivity index (χ1v) is 14.4. The molecule has 3 aliphatic rings. The van der Waals surface area contributed by atoms with E-state index in [2.05, 4.69) is 29.3 Å². The Labute approximate surface area is 208 Å². The second kappa shape index (κ2) is 10.2. The van der Waals surface area contributed by atoms with Crippen LogP contribution in [0.4, 0.5) is 5.69 Å². The second-order valence-electron chi connectivity index (χ2n) is 9.93. The second-order valence-corrected chi connectivity index (χ2v) is 11.9. The zero-order chi connectivity index (χ0) is 24.4. The number of anilines is 1. The minimum Gasteiger partial charge on any atom is -0.493 e. The number of carbonyl (C=O) groups is 1. The summed E-state index contributed by atoms with van der Waals surface area (Å²) in [5.41, 5.74) is 3.73. The van der Waals surface area contributed by atoms with Gasteiger partial charge in [-0.05, 0) is 86.6 Å². The van der Waals surface area contributed by atoms with Gasteiger partial charge in [0.2, 0.25) is 10.0 Å². The van der Waals surface area contributed by atoms with Crippen LogP contribution in [0, 0.1) is 5.92 Å². The summed E-state index contributed by atoms with van der Waals surface area (Å²) in [5, 5.41) is 2.86. The van der Waals surface area contributed by atoms with Gasteiger partial charge < -0.3 is 15.0 Å². The topological polar surface area (TPSA) is 79.0 Å². The van der Waals surface area contributed by atoms with Crippen molar-refractivity contribution >= 4 is 21.6 Å². The Bertz CT molecular complexity index is 1170. The average molecular weight is 498 g/mol. The Balaban J connectivity index is 1.33. The number of ether oxygens (including phenoxy) is 1. The lowest BCUT2D eigenvalue weighted by Crippen LogP contribution is -2.25. The third-order valence-corrected chi connectivity index (χ3v) is 9.49. The van der Waals surface area contributed by atoms with Crippen LogP contribution >= 0.6 is 0 Å². The molecule has 0 bridgehead atoms. The normalized spacial score (nSPS) is 24.1. The number of likely N-dealkylation sites (tertiary alicyclic amines) is 1. The molecule has 0 spiro atoms. The van der Waals surface area contributed by atoms with Crippen LogP contribution in [-0.2, 0) is 16.6 Å². The molecule has 35 heavy (non-hydrogen) atoms. The van der Waals surface area contributed by atoms with E-state index < -0.39 is 10.0 Å². The quantitative estimate of drug-likeness (QED) is 0.630. The number of hydrogen-bond donors (Lipinski definition) is 1. The number of fused-ring (bicyclic) bond motifs is 1. The first-order valence-electron chi connectivity index (χ1n) is 12.8. The molecule has 0 aromatic heterocycles. The van der Waals surface area contributed by atoms with E-state index in [-0.39, 0.29) is 11.7 Å². The van der Waals surface area contributed by atoms with Gasteiger partial charge in [0.05, 0.1) is 18.0 Å². The molecule has 0 aliphatic carbocycles. The first kappa shape index (κ1) is 24.1. The van der Waals surface area contributed by atoms with Crippen molar-refractivity contribution in [2.24, 2.45) is 5.92 Å². The number of hydrogen-bond acceptors (Lipinski definition) is 5. The van der Waals surface area contributed by atoms with Gasteiger partial charge in [-0.1, -0.05) is 25.1 Å². The van der Waals surface area contributed by atoms with Gasteiger partial charge in [0, 0.05) is 24.6 Å². The molecule has 8 heteroatoms. The highest BCUT2D eigenvalue weighted by Crippen LogP contribution is 2.36. The lowest BCUT2D eigenvalue weighted by molar-refractivity contribution is 0.0965. The summed E-state index contributed by atoms with van der Waals surface area (Å²) in [6.07, 6.45) is 3.91. The summed E-state index contributed by atoms with van der Waals surface area (Å²) >= 11 is 0. The highest BCUT2D eigenvalue weighted by molar-refractivity contribution is 7.93. The van der Waals surface area contributed by atoms with Crippen LogP contribution in [0.1, 0.15) is 60.0 Å². The van der Waals surface area contributed by atoms with Crippen LogP contribution < -0.4 is 14.4 Å². The molecule has 0 radical (unpaired) electrons. The van der Waals surface area contributed by atoms with E-state index in [9.17, 15) is 13.2 Å². The molecule has 2 aromatic rings. The number of carbonyl (C=O) groups excluding carboxylic acids is 1. The largest absolute Gasteiger partial charge is 0.493 e.